The molecule has 0 aliphatic rings. The molecular formula is C8H19NO3S. The number of ether oxygens (including phenoxy) is 1. The Morgan fingerprint density at radius 1 is 1.46 bits per heavy atom. The van der Waals surface area contributed by atoms with E-state index in [9.17, 15) is 8.42 Å². The Bertz CT molecular complexity index is 213. The maximum absolute atomic E-state index is 11.3. The highest BCUT2D eigenvalue weighted by Gasteiger charge is 2.12. The molecule has 0 aromatic carbocycles. The van der Waals surface area contributed by atoms with E-state index in [1.165, 1.54) is 0 Å². The van der Waals surface area contributed by atoms with Gasteiger partial charge in [0.25, 0.3) is 0 Å². The number of hydrogen-bond donors (Lipinski definition) is 1. The van der Waals surface area contributed by atoms with Crippen molar-refractivity contribution < 1.29 is 13.2 Å². The Morgan fingerprint density at radius 3 is 2.54 bits per heavy atom. The second kappa shape index (κ2) is 6.34. The van der Waals surface area contributed by atoms with Crippen molar-refractivity contribution in [3.63, 3.8) is 0 Å². The van der Waals surface area contributed by atoms with E-state index in [0.29, 0.717) is 13.0 Å². The molecule has 0 saturated carbocycles. The van der Waals surface area contributed by atoms with Crippen molar-refractivity contribution in [3.05, 3.63) is 0 Å². The minimum atomic E-state index is -3.10. The number of rotatable bonds is 7. The van der Waals surface area contributed by atoms with Gasteiger partial charge in [-0.15, -0.1) is 0 Å². The molecule has 13 heavy (non-hydrogen) atoms. The number of hydrogen-bond acceptors (Lipinski definition) is 3. The van der Waals surface area contributed by atoms with Crippen LogP contribution in [0, 0.1) is 0 Å². The standard InChI is InChI=1S/C8H19NO3S/c1-4-8(2)9-13(10,11)7-5-6-12-3/h8-9H,4-7H2,1-3H3. The Kier molecular flexibility index (Phi) is 6.28. The summed E-state index contributed by atoms with van der Waals surface area (Å²) in [7, 11) is -1.53. The molecule has 5 heteroatoms. The van der Waals surface area contributed by atoms with Gasteiger partial charge in [0.05, 0.1) is 5.75 Å². The normalized spacial score (nSPS) is 14.4. The number of sulfonamides is 1. The zero-order chi connectivity index (χ0) is 10.3. The van der Waals surface area contributed by atoms with Gasteiger partial charge in [-0.25, -0.2) is 13.1 Å². The van der Waals surface area contributed by atoms with Crippen molar-refractivity contribution in [1.82, 2.24) is 4.72 Å². The largest absolute Gasteiger partial charge is 0.385 e. The van der Waals surface area contributed by atoms with Gasteiger partial charge in [0, 0.05) is 19.8 Å². The van der Waals surface area contributed by atoms with E-state index >= 15 is 0 Å². The molecule has 1 atom stereocenters. The Balaban J connectivity index is 3.81. The summed E-state index contributed by atoms with van der Waals surface area (Å²) in [5, 5.41) is 0. The predicted octanol–water partition coefficient (Wildman–Crippen LogP) is 0.741. The molecule has 0 radical (unpaired) electrons. The fraction of sp³-hybridized carbons (Fsp3) is 1.00. The first kappa shape index (κ1) is 12.9. The van der Waals surface area contributed by atoms with Crippen molar-refractivity contribution in [2.45, 2.75) is 32.7 Å². The van der Waals surface area contributed by atoms with Gasteiger partial charge in [-0.05, 0) is 19.8 Å². The van der Waals surface area contributed by atoms with E-state index in [0.717, 1.165) is 6.42 Å². The molecule has 1 unspecified atom stereocenters. The molecule has 0 spiro atoms. The number of nitrogens with one attached hydrogen (secondary N) is 1. The molecule has 0 bridgehead atoms. The quantitative estimate of drug-likeness (QED) is 0.629. The Morgan fingerprint density at radius 2 is 2.08 bits per heavy atom. The molecule has 0 heterocycles. The van der Waals surface area contributed by atoms with Gasteiger partial charge in [0.2, 0.25) is 10.0 Å². The highest BCUT2D eigenvalue weighted by atomic mass is 32.2. The SMILES string of the molecule is CCC(C)NS(=O)(=O)CCCOC. The maximum Gasteiger partial charge on any atom is 0.211 e. The van der Waals surface area contributed by atoms with E-state index in [4.69, 9.17) is 4.74 Å². The van der Waals surface area contributed by atoms with E-state index < -0.39 is 10.0 Å². The van der Waals surface area contributed by atoms with E-state index in [1.807, 2.05) is 13.8 Å². The van der Waals surface area contributed by atoms with Crippen molar-refractivity contribution in [2.75, 3.05) is 19.5 Å². The zero-order valence-electron chi connectivity index (χ0n) is 8.54. The summed E-state index contributed by atoms with van der Waals surface area (Å²) >= 11 is 0. The summed E-state index contributed by atoms with van der Waals surface area (Å²) in [6.07, 6.45) is 1.35. The lowest BCUT2D eigenvalue weighted by Gasteiger charge is -2.11. The van der Waals surface area contributed by atoms with Crippen LogP contribution in [-0.2, 0) is 14.8 Å². The zero-order valence-corrected chi connectivity index (χ0v) is 9.36. The van der Waals surface area contributed by atoms with Crippen LogP contribution in [0.4, 0.5) is 0 Å². The first-order valence-corrected chi connectivity index (χ1v) is 6.16. The highest BCUT2D eigenvalue weighted by molar-refractivity contribution is 7.89. The molecule has 4 nitrogen and oxygen atoms in total. The first-order chi connectivity index (χ1) is 6.02. The second-order valence-corrected chi connectivity index (χ2v) is 4.97. The number of methoxy groups -OCH3 is 1. The molecule has 0 aromatic heterocycles. The van der Waals surface area contributed by atoms with Crippen LogP contribution >= 0.6 is 0 Å². The summed E-state index contributed by atoms with van der Waals surface area (Å²) in [5.74, 6) is 0.144. The average molecular weight is 209 g/mol. The van der Waals surface area contributed by atoms with Gasteiger partial charge >= 0.3 is 0 Å². The van der Waals surface area contributed by atoms with E-state index in [2.05, 4.69) is 4.72 Å². The summed E-state index contributed by atoms with van der Waals surface area (Å²) in [6, 6.07) is 0.0209. The monoisotopic (exact) mass is 209 g/mol. The Hall–Kier alpha value is -0.130. The predicted molar refractivity (Wildman–Crippen MR) is 53.2 cm³/mol. The molecule has 0 saturated heterocycles. The van der Waals surface area contributed by atoms with Crippen molar-refractivity contribution in [3.8, 4) is 0 Å². The third kappa shape index (κ3) is 6.98. The highest BCUT2D eigenvalue weighted by Crippen LogP contribution is 1.95. The molecule has 0 aliphatic heterocycles. The molecule has 0 rings (SSSR count). The van der Waals surface area contributed by atoms with Crippen LogP contribution < -0.4 is 4.72 Å². The molecule has 0 aliphatic carbocycles. The van der Waals surface area contributed by atoms with Crippen LogP contribution in [-0.4, -0.2) is 33.9 Å². The third-order valence-electron chi connectivity index (χ3n) is 1.75. The molecule has 80 valence electrons. The van der Waals surface area contributed by atoms with Gasteiger partial charge < -0.3 is 4.74 Å². The first-order valence-electron chi connectivity index (χ1n) is 4.50. The van der Waals surface area contributed by atoms with Crippen molar-refractivity contribution >= 4 is 10.0 Å². The van der Waals surface area contributed by atoms with E-state index in [1.54, 1.807) is 7.11 Å². The van der Waals surface area contributed by atoms with Crippen LogP contribution in [0.25, 0.3) is 0 Å². The van der Waals surface area contributed by atoms with Crippen LogP contribution in [0.2, 0.25) is 0 Å². The molecule has 1 N–H and O–H groups in total. The lowest BCUT2D eigenvalue weighted by Crippen LogP contribution is -2.34. The smallest absolute Gasteiger partial charge is 0.211 e. The average Bonchev–Trinajstić information content (AvgIpc) is 2.03. The molecular weight excluding hydrogens is 190 g/mol. The minimum absolute atomic E-state index is 0.0209. The van der Waals surface area contributed by atoms with Gasteiger partial charge in [-0.1, -0.05) is 6.92 Å². The van der Waals surface area contributed by atoms with Crippen LogP contribution in [0.15, 0.2) is 0 Å². The maximum atomic E-state index is 11.3. The van der Waals surface area contributed by atoms with Gasteiger partial charge in [-0.3, -0.25) is 0 Å². The molecule has 0 amide bonds. The topological polar surface area (TPSA) is 55.4 Å². The lowest BCUT2D eigenvalue weighted by molar-refractivity contribution is 0.199. The molecule has 0 fully saturated rings. The fourth-order valence-electron chi connectivity index (χ4n) is 0.842. The second-order valence-electron chi connectivity index (χ2n) is 3.09. The summed E-state index contributed by atoms with van der Waals surface area (Å²) in [5.41, 5.74) is 0. The van der Waals surface area contributed by atoms with Crippen LogP contribution in [0.5, 0.6) is 0 Å². The fourth-order valence-corrected chi connectivity index (χ4v) is 2.24. The Labute approximate surface area is 80.7 Å². The summed E-state index contributed by atoms with van der Waals surface area (Å²) < 4.78 is 30.0. The van der Waals surface area contributed by atoms with E-state index in [-0.39, 0.29) is 11.8 Å². The molecule has 0 aromatic rings. The van der Waals surface area contributed by atoms with Gasteiger partial charge in [0.15, 0.2) is 0 Å². The van der Waals surface area contributed by atoms with Crippen molar-refractivity contribution in [1.29, 1.82) is 0 Å². The third-order valence-corrected chi connectivity index (χ3v) is 3.34. The summed E-state index contributed by atoms with van der Waals surface area (Å²) in [6.45, 7) is 4.29. The van der Waals surface area contributed by atoms with Crippen LogP contribution in [0.3, 0.4) is 0 Å². The van der Waals surface area contributed by atoms with Gasteiger partial charge in [0.1, 0.15) is 0 Å². The lowest BCUT2D eigenvalue weighted by atomic mass is 10.3. The van der Waals surface area contributed by atoms with Gasteiger partial charge in [-0.2, -0.15) is 0 Å². The minimum Gasteiger partial charge on any atom is -0.385 e. The van der Waals surface area contributed by atoms with Crippen LogP contribution in [0.1, 0.15) is 26.7 Å². The summed E-state index contributed by atoms with van der Waals surface area (Å²) in [4.78, 5) is 0. The van der Waals surface area contributed by atoms with Crippen molar-refractivity contribution in [2.24, 2.45) is 0 Å².